The molecule has 28 heavy (non-hydrogen) atoms. The summed E-state index contributed by atoms with van der Waals surface area (Å²) < 4.78 is 27.1. The number of carbonyl (C=O) groups excluding carboxylic acids is 2. The molecule has 8 nitrogen and oxygen atoms in total. The maximum atomic E-state index is 12.8. The van der Waals surface area contributed by atoms with Crippen molar-refractivity contribution in [1.29, 1.82) is 5.26 Å². The lowest BCUT2D eigenvalue weighted by molar-refractivity contribution is -0.139. The Kier molecular flexibility index (Phi) is 4.93. The number of hydrogen-bond donors (Lipinski definition) is 0. The molecule has 0 unspecified atom stereocenters. The number of carbonyl (C=O) groups is 2. The second kappa shape index (κ2) is 7.13. The molecule has 4 atom stereocenters. The van der Waals surface area contributed by atoms with Crippen molar-refractivity contribution in [2.45, 2.75) is 48.5 Å². The number of piperazine rings is 1. The van der Waals surface area contributed by atoms with Crippen molar-refractivity contribution >= 4 is 33.2 Å². The van der Waals surface area contributed by atoms with Crippen molar-refractivity contribution in [3.63, 3.8) is 0 Å². The second-order valence-corrected chi connectivity index (χ2v) is 10.7. The molecule has 2 bridgehead atoms. The van der Waals surface area contributed by atoms with Crippen LogP contribution >= 0.6 is 11.3 Å². The van der Waals surface area contributed by atoms with E-state index in [1.807, 2.05) is 0 Å². The Hall–Kier alpha value is -1.96. The Morgan fingerprint density at radius 2 is 2.25 bits per heavy atom. The zero-order valence-corrected chi connectivity index (χ0v) is 17.2. The molecule has 4 rings (SSSR count). The van der Waals surface area contributed by atoms with Gasteiger partial charge in [0, 0.05) is 25.7 Å². The Morgan fingerprint density at radius 3 is 2.89 bits per heavy atom. The van der Waals surface area contributed by atoms with Crippen LogP contribution in [0.5, 0.6) is 0 Å². The molecule has 1 aromatic rings. The maximum absolute atomic E-state index is 12.8. The lowest BCUT2D eigenvalue weighted by Crippen LogP contribution is -2.54. The van der Waals surface area contributed by atoms with Gasteiger partial charge in [0.15, 0.2) is 0 Å². The average Bonchev–Trinajstić information content (AvgIpc) is 3.45. The normalized spacial score (nSPS) is 28.7. The first-order valence-electron chi connectivity index (χ1n) is 9.40. The van der Waals surface area contributed by atoms with Gasteiger partial charge in [-0.3, -0.25) is 9.59 Å². The molecule has 3 saturated heterocycles. The minimum absolute atomic E-state index is 0.109. The monoisotopic (exact) mass is 422 g/mol. The van der Waals surface area contributed by atoms with E-state index in [9.17, 15) is 23.3 Å². The molecule has 0 saturated carbocycles. The number of fused-ring (bicyclic) bond motifs is 2. The number of nitriles is 1. The van der Waals surface area contributed by atoms with Crippen molar-refractivity contribution in [1.82, 2.24) is 14.1 Å². The van der Waals surface area contributed by atoms with E-state index in [4.69, 9.17) is 0 Å². The summed E-state index contributed by atoms with van der Waals surface area (Å²) in [4.78, 5) is 28.8. The highest BCUT2D eigenvalue weighted by Gasteiger charge is 2.54. The van der Waals surface area contributed by atoms with Crippen molar-refractivity contribution in [2.24, 2.45) is 5.92 Å². The number of sulfonamides is 1. The molecule has 0 radical (unpaired) electrons. The number of rotatable bonds is 5. The summed E-state index contributed by atoms with van der Waals surface area (Å²) in [6, 6.07) is 4.13. The van der Waals surface area contributed by atoms with E-state index in [0.717, 1.165) is 17.8 Å². The van der Waals surface area contributed by atoms with Crippen LogP contribution in [-0.2, 0) is 19.6 Å². The third-order valence-electron chi connectivity index (χ3n) is 5.88. The van der Waals surface area contributed by atoms with E-state index in [-0.39, 0.29) is 41.2 Å². The predicted octanol–water partition coefficient (Wildman–Crippen LogP) is 0.873. The summed E-state index contributed by atoms with van der Waals surface area (Å²) in [6.45, 7) is 2.88. The zero-order valence-electron chi connectivity index (χ0n) is 15.5. The van der Waals surface area contributed by atoms with E-state index in [1.54, 1.807) is 34.2 Å². The van der Waals surface area contributed by atoms with Gasteiger partial charge >= 0.3 is 0 Å². The van der Waals surface area contributed by atoms with E-state index < -0.39 is 22.0 Å². The Bertz CT molecular complexity index is 924. The molecule has 0 aromatic carbocycles. The largest absolute Gasteiger partial charge is 0.336 e. The molecule has 4 heterocycles. The SMILES string of the molecule is C[C@@H](CN1C(=O)[C@@H]2C[C@H]1CN2S(=O)(=O)c1cccs1)C(=O)N1CCC[C@H]1C#N. The van der Waals surface area contributed by atoms with Crippen LogP contribution in [0, 0.1) is 17.2 Å². The third-order valence-corrected chi connectivity index (χ3v) is 9.13. The topological polar surface area (TPSA) is 102 Å². The highest BCUT2D eigenvalue weighted by molar-refractivity contribution is 7.91. The number of likely N-dealkylation sites (tertiary alicyclic amines) is 2. The van der Waals surface area contributed by atoms with Crippen LogP contribution in [0.2, 0.25) is 0 Å². The van der Waals surface area contributed by atoms with E-state index in [1.165, 1.54) is 4.31 Å². The molecule has 0 N–H and O–H groups in total. The van der Waals surface area contributed by atoms with Crippen molar-refractivity contribution in [3.05, 3.63) is 17.5 Å². The van der Waals surface area contributed by atoms with Crippen LogP contribution in [0.3, 0.4) is 0 Å². The quantitative estimate of drug-likeness (QED) is 0.701. The standard InChI is InChI=1S/C18H22N4O4S2/c1-12(17(23)20-6-2-4-13(20)9-19)10-21-14-8-15(18(21)24)22(11-14)28(25,26)16-5-3-7-27-16/h3,5,7,12-15H,2,4,6,8,10-11H2,1H3/t12-,13-,14-,15-/m0/s1. The molecule has 3 fully saturated rings. The zero-order chi connectivity index (χ0) is 20.1. The predicted molar refractivity (Wildman–Crippen MR) is 102 cm³/mol. The Labute approximate surface area is 168 Å². The molecule has 150 valence electrons. The average molecular weight is 423 g/mol. The minimum Gasteiger partial charge on any atom is -0.336 e. The lowest BCUT2D eigenvalue weighted by atomic mass is 10.1. The van der Waals surface area contributed by atoms with Gasteiger partial charge in [0.1, 0.15) is 16.3 Å². The molecule has 3 aliphatic rings. The van der Waals surface area contributed by atoms with Crippen molar-refractivity contribution in [2.75, 3.05) is 19.6 Å². The van der Waals surface area contributed by atoms with E-state index >= 15 is 0 Å². The van der Waals surface area contributed by atoms with Gasteiger partial charge in [-0.2, -0.15) is 9.57 Å². The van der Waals surface area contributed by atoms with Crippen LogP contribution in [0.1, 0.15) is 26.2 Å². The fraction of sp³-hybridized carbons (Fsp3) is 0.611. The van der Waals surface area contributed by atoms with Crippen LogP contribution in [0.15, 0.2) is 21.7 Å². The Balaban J connectivity index is 1.43. The van der Waals surface area contributed by atoms with E-state index in [0.29, 0.717) is 19.4 Å². The first-order valence-corrected chi connectivity index (χ1v) is 11.7. The van der Waals surface area contributed by atoms with Gasteiger partial charge in [0.2, 0.25) is 11.8 Å². The van der Waals surface area contributed by atoms with Crippen molar-refractivity contribution < 1.29 is 18.0 Å². The van der Waals surface area contributed by atoms with Crippen LogP contribution < -0.4 is 0 Å². The number of thiophene rings is 1. The Morgan fingerprint density at radius 1 is 1.46 bits per heavy atom. The van der Waals surface area contributed by atoms with Gasteiger partial charge in [0.05, 0.1) is 12.0 Å². The first-order chi connectivity index (χ1) is 13.3. The number of nitrogens with zero attached hydrogens (tertiary/aromatic N) is 4. The third kappa shape index (κ3) is 3.02. The molecule has 2 amide bonds. The fourth-order valence-corrected chi connectivity index (χ4v) is 7.21. The van der Waals surface area contributed by atoms with Gasteiger partial charge in [-0.1, -0.05) is 13.0 Å². The number of hydrogen-bond acceptors (Lipinski definition) is 6. The smallest absolute Gasteiger partial charge is 0.253 e. The molecule has 0 spiro atoms. The van der Waals surface area contributed by atoms with Crippen molar-refractivity contribution in [3.8, 4) is 6.07 Å². The summed E-state index contributed by atoms with van der Waals surface area (Å²) >= 11 is 1.15. The van der Waals surface area contributed by atoms with Crippen LogP contribution in [-0.4, -0.2) is 72.1 Å². The van der Waals surface area contributed by atoms with Gasteiger partial charge in [0.25, 0.3) is 10.0 Å². The van der Waals surface area contributed by atoms with Gasteiger partial charge in [-0.25, -0.2) is 8.42 Å². The van der Waals surface area contributed by atoms with Gasteiger partial charge < -0.3 is 9.80 Å². The van der Waals surface area contributed by atoms with Crippen LogP contribution in [0.25, 0.3) is 0 Å². The summed E-state index contributed by atoms with van der Waals surface area (Å²) in [7, 11) is -3.66. The minimum atomic E-state index is -3.66. The molecule has 1 aromatic heterocycles. The molecule has 3 aliphatic heterocycles. The summed E-state index contributed by atoms with van der Waals surface area (Å²) in [5.74, 6) is -0.753. The maximum Gasteiger partial charge on any atom is 0.253 e. The first kappa shape index (κ1) is 19.4. The molecular formula is C18H22N4O4S2. The number of amides is 2. The fourth-order valence-electron chi connectivity index (χ4n) is 4.46. The van der Waals surface area contributed by atoms with Gasteiger partial charge in [-0.05, 0) is 30.7 Å². The summed E-state index contributed by atoms with van der Waals surface area (Å²) in [6.07, 6.45) is 1.98. The summed E-state index contributed by atoms with van der Waals surface area (Å²) in [5, 5.41) is 10.9. The molecule has 10 heteroatoms. The van der Waals surface area contributed by atoms with E-state index in [2.05, 4.69) is 6.07 Å². The highest BCUT2D eigenvalue weighted by Crippen LogP contribution is 2.37. The highest BCUT2D eigenvalue weighted by atomic mass is 32.2. The second-order valence-electron chi connectivity index (χ2n) is 7.62. The summed E-state index contributed by atoms with van der Waals surface area (Å²) in [5.41, 5.74) is 0. The molecule has 0 aliphatic carbocycles. The lowest BCUT2D eigenvalue weighted by Gasteiger charge is -2.35. The molecular weight excluding hydrogens is 400 g/mol. The van der Waals surface area contributed by atoms with Gasteiger partial charge in [-0.15, -0.1) is 11.3 Å². The van der Waals surface area contributed by atoms with Crippen LogP contribution in [0.4, 0.5) is 0 Å².